The molecule has 633 valence electrons. The molecular formula is C56H27F36IN8O13V. The maximum absolute atomic E-state index is 14.7. The Morgan fingerprint density at radius 1 is 0.243 bits per heavy atom. The molecule has 0 fully saturated rings. The fraction of sp³-hybridized carbons (Fsp3) is 0.429. The maximum atomic E-state index is 14.7. The zero-order chi connectivity index (χ0) is 86.5. The van der Waals surface area contributed by atoms with Crippen molar-refractivity contribution in [2.75, 3.05) is 79.3 Å². The number of hydrogen-bond acceptors (Lipinski definition) is 19. The summed E-state index contributed by atoms with van der Waals surface area (Å²) >= 11 is 2.48. The third-order valence-electron chi connectivity index (χ3n) is 13.0. The number of ether oxygens (including phenoxy) is 12. The van der Waals surface area contributed by atoms with Gasteiger partial charge >= 0.3 is 95.2 Å². The Labute approximate surface area is 630 Å². The average molecular weight is 1880 g/mol. The molecule has 59 heteroatoms. The molecule has 3 aromatic heterocycles. The first-order valence-electron chi connectivity index (χ1n) is 29.1. The number of halogens is 37. The van der Waals surface area contributed by atoms with E-state index < -0.39 is 312 Å². The molecule has 8 bridgehead atoms. The van der Waals surface area contributed by atoms with Gasteiger partial charge in [0.2, 0.25) is 34.5 Å². The minimum absolute atomic E-state index is 0.124. The Kier molecular flexibility index (Phi) is 26.0. The van der Waals surface area contributed by atoms with E-state index in [2.05, 4.69) is 77.8 Å². The van der Waals surface area contributed by atoms with Crippen molar-refractivity contribution in [2.45, 2.75) is 74.1 Å². The molecule has 0 saturated carbocycles. The zero-order valence-electron chi connectivity index (χ0n) is 54.0. The van der Waals surface area contributed by atoms with Gasteiger partial charge in [0.1, 0.15) is 0 Å². The molecule has 0 amide bonds. The molecule has 115 heavy (non-hydrogen) atoms. The van der Waals surface area contributed by atoms with E-state index in [-0.39, 0.29) is 3.57 Å². The number of nitrogens with zero attached hydrogens (tertiary/aromatic N) is 8. The first-order chi connectivity index (χ1) is 52.4. The number of alkyl halides is 36. The van der Waals surface area contributed by atoms with Crippen molar-refractivity contribution in [3.05, 3.63) is 21.8 Å². The summed E-state index contributed by atoms with van der Waals surface area (Å²) in [5.74, 6) is -36.9. The first-order valence-corrected chi connectivity index (χ1v) is 30.8. The average Bonchev–Trinajstić information content (AvgIpc) is 1.55. The van der Waals surface area contributed by atoms with Crippen LogP contribution >= 0.6 is 22.6 Å². The molecule has 0 N–H and O–H groups in total. The van der Waals surface area contributed by atoms with Gasteiger partial charge in [0.15, 0.2) is 114 Å². The van der Waals surface area contributed by atoms with Crippen molar-refractivity contribution in [2.24, 2.45) is 0 Å². The Bertz CT molecular complexity index is 4910. The Balaban J connectivity index is 0.00000820. The predicted molar refractivity (Wildman–Crippen MR) is 306 cm³/mol. The van der Waals surface area contributed by atoms with Gasteiger partial charge in [-0.3, -0.25) is 0 Å². The second kappa shape index (κ2) is 32.8. The van der Waals surface area contributed by atoms with Gasteiger partial charge in [0, 0.05) is 36.9 Å². The van der Waals surface area contributed by atoms with Gasteiger partial charge in [-0.25, -0.2) is 9.97 Å². The number of hydrogen-bond donors (Lipinski definition) is 0. The van der Waals surface area contributed by atoms with Crippen LogP contribution in [0, 0.1) is 3.57 Å². The molecule has 21 nitrogen and oxygen atoms in total. The number of fused-ring (bicyclic) bond motifs is 20. The van der Waals surface area contributed by atoms with E-state index in [9.17, 15) is 158 Å². The minimum atomic E-state index is -6.08. The monoisotopic (exact) mass is 1880 g/mol. The summed E-state index contributed by atoms with van der Waals surface area (Å²) in [7, 11) is 0. The second-order valence-electron chi connectivity index (χ2n) is 22.2. The van der Waals surface area contributed by atoms with E-state index in [1.165, 1.54) is 22.6 Å². The Morgan fingerprint density at radius 3 is 0.635 bits per heavy atom. The van der Waals surface area contributed by atoms with Gasteiger partial charge in [0.05, 0.1) is 45.6 Å². The van der Waals surface area contributed by atoms with Crippen molar-refractivity contribution in [1.29, 1.82) is 0 Å². The van der Waals surface area contributed by atoms with E-state index in [1.54, 1.807) is 0 Å². The molecule has 5 heterocycles. The molecule has 2 aliphatic rings. The molecule has 0 aliphatic carbocycles. The van der Waals surface area contributed by atoms with Gasteiger partial charge in [-0.15, -0.1) is 0 Å². The Hall–Kier alpha value is -9.57. The molecule has 7 aromatic rings. The molecule has 9 rings (SSSR count). The van der Waals surface area contributed by atoms with Crippen LogP contribution in [0.15, 0.2) is 18.2 Å². The van der Waals surface area contributed by atoms with Crippen LogP contribution in [0.2, 0.25) is 0 Å². The zero-order valence-corrected chi connectivity index (χ0v) is 57.6. The summed E-state index contributed by atoms with van der Waals surface area (Å²) in [5.41, 5.74) is -15.0. The molecule has 0 atom stereocenters. The van der Waals surface area contributed by atoms with Crippen LogP contribution in [0.25, 0.3) is 89.7 Å². The molecule has 0 unspecified atom stereocenters. The standard InChI is InChI=1S/C56H27F36IN8O12.O.V/c57-45(58,59)4-102-25-19-21(27(104-6-47(63,64)65)33(110-12-53(81,82)83)31(25)108-10-51(75,76)77)41-97-39(19)95-37-17-2-1-16(93)3-18(17)38(94-37)96-40-20-22(28(105-7-48(66,67)68)34(111-13-54(84,85)86)32(109-11-52(78,79)80)26(20)103-5-46(60,61)62)42(98-40)100-44-24-23(43(99-41)101-44)29(106-8-49(69,70)71)35(112-14-55(87,88)89)36(113-15-56(90,91)92)30(24)107-9-50(72,73)74;;/h1-3H,4-15H2;;/q-2;;+2. The van der Waals surface area contributed by atoms with Crippen LogP contribution in [0.1, 0.15) is 0 Å². The van der Waals surface area contributed by atoms with Crippen LogP contribution in [0.5, 0.6) is 69.0 Å². The molecule has 0 spiro atoms. The van der Waals surface area contributed by atoms with Crippen LogP contribution in [-0.4, -0.2) is 183 Å². The normalized spacial score (nSPS) is 13.4. The number of benzene rings is 4. The topological polar surface area (TPSA) is 233 Å². The van der Waals surface area contributed by atoms with Crippen molar-refractivity contribution >= 4 is 66.7 Å². The third-order valence-corrected chi connectivity index (χ3v) is 13.7. The quantitative estimate of drug-likeness (QED) is 0.0404. The van der Waals surface area contributed by atoms with Crippen molar-refractivity contribution in [3.63, 3.8) is 0 Å². The summed E-state index contributed by atoms with van der Waals surface area (Å²) in [4.78, 5) is 30.3. The van der Waals surface area contributed by atoms with Crippen LogP contribution in [0.3, 0.4) is 0 Å². The molecule has 0 radical (unpaired) electrons. The summed E-state index contributed by atoms with van der Waals surface area (Å²) in [6.45, 7) is -36.9. The SMILES string of the molecule is FC(F)(F)COc1c(OCC(F)(F)F)c(OCC(F)(F)F)c2c(c1OCC(F)(F)F)-c1nc-2nc2[n-]c(nc3nc(nc4[n-]c(n1)c1ccc(I)cc41)-c1c(OCC(F)(F)F)c(OCC(F)(F)F)c(OCC(F)(F)F)c(OCC(F)(F)F)c1-3)c1c(OCC(F)(F)F)c(OCC(F)(F)F)c(OCC(F)(F)F)c(OCC(F)(F)F)c21.[O]=[V+2]. The van der Waals surface area contributed by atoms with E-state index in [4.69, 9.17) is 22.6 Å². The van der Waals surface area contributed by atoms with Crippen molar-refractivity contribution < 1.29 is 236 Å². The fourth-order valence-corrected chi connectivity index (χ4v) is 10.0. The molecular weight excluding hydrogens is 1850 g/mol. The Morgan fingerprint density at radius 2 is 0.417 bits per heavy atom. The number of rotatable bonds is 24. The fourth-order valence-electron chi connectivity index (χ4n) is 9.53. The van der Waals surface area contributed by atoms with E-state index in [0.29, 0.717) is 0 Å². The van der Waals surface area contributed by atoms with Crippen LogP contribution in [-0.2, 0) is 21.0 Å². The predicted octanol–water partition coefficient (Wildman–Crippen LogP) is 17.9. The third kappa shape index (κ3) is 24.5. The van der Waals surface area contributed by atoms with Gasteiger partial charge in [-0.2, -0.15) is 158 Å². The van der Waals surface area contributed by atoms with Gasteiger partial charge < -0.3 is 86.7 Å². The summed E-state index contributed by atoms with van der Waals surface area (Å²) < 4.78 is 584. The van der Waals surface area contributed by atoms with E-state index in [1.807, 2.05) is 0 Å². The molecule has 2 aliphatic heterocycles. The van der Waals surface area contributed by atoms with Gasteiger partial charge in [0.25, 0.3) is 0 Å². The molecule has 4 aromatic carbocycles. The van der Waals surface area contributed by atoms with Crippen LogP contribution < -0.4 is 66.8 Å². The van der Waals surface area contributed by atoms with E-state index >= 15 is 0 Å². The second-order valence-corrected chi connectivity index (χ2v) is 23.5. The van der Waals surface area contributed by atoms with Crippen molar-refractivity contribution in [1.82, 2.24) is 39.9 Å². The van der Waals surface area contributed by atoms with Gasteiger partial charge in [-0.1, -0.05) is 6.07 Å². The molecule has 0 saturated heterocycles. The first kappa shape index (κ1) is 91.0. The van der Waals surface area contributed by atoms with Crippen molar-refractivity contribution in [3.8, 4) is 115 Å². The number of aromatic nitrogens is 8. The summed E-state index contributed by atoms with van der Waals surface area (Å²) in [6.07, 6.45) is -71.7. The van der Waals surface area contributed by atoms with Crippen LogP contribution in [0.4, 0.5) is 158 Å². The van der Waals surface area contributed by atoms with Gasteiger partial charge in [-0.05, 0) is 45.5 Å². The summed E-state index contributed by atoms with van der Waals surface area (Å²) in [5, 5.41) is -5.99. The summed E-state index contributed by atoms with van der Waals surface area (Å²) in [6, 6.07) is 2.62. The van der Waals surface area contributed by atoms with E-state index in [0.717, 1.165) is 35.6 Å².